The smallest absolute Gasteiger partial charge is 0.298 e. The Morgan fingerprint density at radius 2 is 2.03 bits per heavy atom. The minimum Gasteiger partial charge on any atom is -0.508 e. The predicted octanol–water partition coefficient (Wildman–Crippen LogP) is 2.94. The molecule has 1 N–H and O–H groups in total. The van der Waals surface area contributed by atoms with Crippen LogP contribution in [0, 0.1) is 17.8 Å². The van der Waals surface area contributed by atoms with Gasteiger partial charge in [-0.25, -0.2) is 0 Å². The fourth-order valence-corrected chi connectivity index (χ4v) is 7.00. The molecule has 2 heterocycles. The molecule has 2 aromatic carbocycles. The number of nitrogens with zero attached hydrogens (tertiary/aromatic N) is 2. The number of likely N-dealkylation sites (tertiary alicyclic amines) is 1. The average Bonchev–Trinajstić information content (AvgIpc) is 3.15. The number of piperidine rings is 1. The summed E-state index contributed by atoms with van der Waals surface area (Å²) in [6, 6.07) is 13.7. The van der Waals surface area contributed by atoms with Crippen molar-refractivity contribution in [2.24, 2.45) is 5.92 Å². The van der Waals surface area contributed by atoms with E-state index in [1.165, 1.54) is 5.56 Å². The lowest BCUT2D eigenvalue weighted by atomic mass is 9.51. The van der Waals surface area contributed by atoms with Crippen LogP contribution < -0.4 is 4.74 Å². The normalized spacial score (nSPS) is 31.7. The van der Waals surface area contributed by atoms with Crippen molar-refractivity contribution in [2.75, 3.05) is 20.6 Å². The number of benzene rings is 2. The van der Waals surface area contributed by atoms with E-state index in [-0.39, 0.29) is 23.5 Å². The zero-order chi connectivity index (χ0) is 22.0. The summed E-state index contributed by atoms with van der Waals surface area (Å²) in [7, 11) is 4.07. The number of ether oxygens (including phenoxy) is 1. The van der Waals surface area contributed by atoms with E-state index in [0.717, 1.165) is 49.1 Å². The molecule has 1 amide bonds. The van der Waals surface area contributed by atoms with Crippen LogP contribution in [0.1, 0.15) is 36.0 Å². The molecular weight excluding hydrogens is 400 g/mol. The van der Waals surface area contributed by atoms with Gasteiger partial charge in [0.05, 0.1) is 6.04 Å². The van der Waals surface area contributed by atoms with Crippen LogP contribution in [0.15, 0.2) is 42.5 Å². The van der Waals surface area contributed by atoms with Gasteiger partial charge in [-0.15, -0.1) is 0 Å². The van der Waals surface area contributed by atoms with E-state index < -0.39 is 0 Å². The third-order valence-electron chi connectivity index (χ3n) is 8.49. The lowest BCUT2D eigenvalue weighted by Crippen LogP contribution is -2.68. The van der Waals surface area contributed by atoms with Crippen LogP contribution in [0.4, 0.5) is 0 Å². The van der Waals surface area contributed by atoms with Crippen LogP contribution in [0.2, 0.25) is 0 Å². The number of rotatable bonds is 1. The molecule has 2 fully saturated rings. The molecule has 32 heavy (non-hydrogen) atoms. The average molecular weight is 429 g/mol. The lowest BCUT2D eigenvalue weighted by Gasteiger charge is -2.59. The van der Waals surface area contributed by atoms with Crippen LogP contribution >= 0.6 is 0 Å². The van der Waals surface area contributed by atoms with Gasteiger partial charge in [0, 0.05) is 41.1 Å². The summed E-state index contributed by atoms with van der Waals surface area (Å²) in [4.78, 5) is 17.3. The van der Waals surface area contributed by atoms with E-state index in [1.54, 1.807) is 11.0 Å². The Kier molecular flexibility index (Phi) is 4.32. The molecule has 0 aromatic heterocycles. The second-order valence-corrected chi connectivity index (χ2v) is 9.80. The maximum atomic E-state index is 13.1. The fourth-order valence-electron chi connectivity index (χ4n) is 7.00. The third kappa shape index (κ3) is 2.59. The van der Waals surface area contributed by atoms with Crippen molar-refractivity contribution in [2.45, 2.75) is 49.3 Å². The van der Waals surface area contributed by atoms with Gasteiger partial charge in [0.2, 0.25) is 0 Å². The summed E-state index contributed by atoms with van der Waals surface area (Å²) < 4.78 is 6.64. The number of carbonyl (C=O) groups excluding carboxylic acids is 1. The Labute approximate surface area is 189 Å². The lowest BCUT2D eigenvalue weighted by molar-refractivity contribution is -0.133. The molecule has 164 valence electrons. The number of carbonyl (C=O) groups is 1. The van der Waals surface area contributed by atoms with Gasteiger partial charge >= 0.3 is 0 Å². The van der Waals surface area contributed by atoms with Crippen molar-refractivity contribution in [3.63, 3.8) is 0 Å². The monoisotopic (exact) mass is 428 g/mol. The van der Waals surface area contributed by atoms with Gasteiger partial charge in [-0.2, -0.15) is 0 Å². The number of phenols is 1. The molecule has 0 radical (unpaired) electrons. The number of hydrogen-bond acceptors (Lipinski definition) is 4. The first-order valence-corrected chi connectivity index (χ1v) is 11.6. The van der Waals surface area contributed by atoms with Crippen molar-refractivity contribution in [3.8, 4) is 23.3 Å². The molecule has 5 heteroatoms. The van der Waals surface area contributed by atoms with Gasteiger partial charge in [-0.05, 0) is 69.5 Å². The molecule has 1 saturated carbocycles. The van der Waals surface area contributed by atoms with E-state index >= 15 is 0 Å². The maximum absolute atomic E-state index is 13.1. The minimum atomic E-state index is -0.170. The van der Waals surface area contributed by atoms with Gasteiger partial charge < -0.3 is 19.6 Å². The first-order chi connectivity index (χ1) is 15.5. The summed E-state index contributed by atoms with van der Waals surface area (Å²) in [6.07, 6.45) is 3.73. The van der Waals surface area contributed by atoms with Gasteiger partial charge in [-0.1, -0.05) is 24.1 Å². The zero-order valence-corrected chi connectivity index (χ0v) is 18.5. The van der Waals surface area contributed by atoms with E-state index in [0.29, 0.717) is 17.7 Å². The van der Waals surface area contributed by atoms with Crippen molar-refractivity contribution in [1.29, 1.82) is 0 Å². The minimum absolute atomic E-state index is 0.0339. The van der Waals surface area contributed by atoms with Crippen LogP contribution in [0.25, 0.3) is 0 Å². The summed E-state index contributed by atoms with van der Waals surface area (Å²) in [5.41, 5.74) is 2.98. The molecule has 6 rings (SSSR count). The van der Waals surface area contributed by atoms with E-state index in [4.69, 9.17) is 4.74 Å². The molecule has 2 aliphatic carbocycles. The van der Waals surface area contributed by atoms with Gasteiger partial charge in [-0.3, -0.25) is 4.79 Å². The molecule has 2 aromatic rings. The highest BCUT2D eigenvalue weighted by Crippen LogP contribution is 2.63. The predicted molar refractivity (Wildman–Crippen MR) is 122 cm³/mol. The number of hydrogen-bond donors (Lipinski definition) is 1. The molecule has 1 spiro atoms. The Morgan fingerprint density at radius 1 is 1.22 bits per heavy atom. The van der Waals surface area contributed by atoms with Gasteiger partial charge in [0.1, 0.15) is 17.6 Å². The molecule has 1 saturated heterocycles. The summed E-state index contributed by atoms with van der Waals surface area (Å²) in [5.74, 6) is 7.44. The molecule has 5 atom stereocenters. The number of likely N-dealkylation sites (N-methyl/N-ethyl adjacent to an activating group) is 2. The number of amides is 1. The molecule has 2 aliphatic heterocycles. The molecular formula is C27H28N2O3. The Hall–Kier alpha value is -2.97. The standard InChI is InChI=1S/C27H28N2O3/c1-28-15-14-27-19-9-10-20(29(2)24(31)13-8-17-6-4-3-5-7-17)26(27)32-23-12-11-22(30)18(25(23)27)16-21(19)28/h3-7,11-12,19-21,26,30H,9-10,14-16H2,1-2H3/t19-,20+,21+,26-,27-/m0/s1. The molecule has 2 bridgehead atoms. The highest BCUT2D eigenvalue weighted by atomic mass is 16.5. The first-order valence-electron chi connectivity index (χ1n) is 11.6. The van der Waals surface area contributed by atoms with Crippen molar-refractivity contribution < 1.29 is 14.6 Å². The fraction of sp³-hybridized carbons (Fsp3) is 0.444. The summed E-state index contributed by atoms with van der Waals surface area (Å²) in [5, 5.41) is 10.7. The van der Waals surface area contributed by atoms with Crippen molar-refractivity contribution >= 4 is 5.91 Å². The highest BCUT2D eigenvalue weighted by molar-refractivity contribution is 5.94. The zero-order valence-electron chi connectivity index (χ0n) is 18.5. The molecule has 4 aliphatic rings. The third-order valence-corrected chi connectivity index (χ3v) is 8.49. The number of aromatic hydroxyl groups is 1. The molecule has 5 nitrogen and oxygen atoms in total. The van der Waals surface area contributed by atoms with E-state index in [9.17, 15) is 9.90 Å². The molecule has 0 unspecified atom stereocenters. The van der Waals surface area contributed by atoms with E-state index in [1.807, 2.05) is 43.4 Å². The van der Waals surface area contributed by atoms with Crippen molar-refractivity contribution in [1.82, 2.24) is 9.80 Å². The Bertz CT molecular complexity index is 1150. The Balaban J connectivity index is 1.38. The largest absolute Gasteiger partial charge is 0.508 e. The second-order valence-electron chi connectivity index (χ2n) is 9.80. The van der Waals surface area contributed by atoms with Crippen LogP contribution in [-0.4, -0.2) is 59.6 Å². The quantitative estimate of drug-likeness (QED) is 0.710. The van der Waals surface area contributed by atoms with Gasteiger partial charge in [0.15, 0.2) is 0 Å². The van der Waals surface area contributed by atoms with Crippen LogP contribution in [0.3, 0.4) is 0 Å². The highest BCUT2D eigenvalue weighted by Gasteiger charge is 2.66. The maximum Gasteiger partial charge on any atom is 0.298 e. The topological polar surface area (TPSA) is 53.0 Å². The van der Waals surface area contributed by atoms with Gasteiger partial charge in [0.25, 0.3) is 5.91 Å². The summed E-state index contributed by atoms with van der Waals surface area (Å²) >= 11 is 0. The van der Waals surface area contributed by atoms with E-state index in [2.05, 4.69) is 23.8 Å². The number of phenolic OH excluding ortho intramolecular Hbond substituents is 1. The van der Waals surface area contributed by atoms with Crippen LogP contribution in [0.5, 0.6) is 11.5 Å². The SMILES string of the molecule is CN1CC[C@@]23c4c5ccc(O)c4C[C@@H]1[C@@H]2CC[C@@H](N(C)C(=O)C#Cc1ccccc1)[C@@H]3O5. The van der Waals surface area contributed by atoms with Crippen molar-refractivity contribution in [3.05, 3.63) is 59.2 Å². The van der Waals surface area contributed by atoms with Crippen LogP contribution in [-0.2, 0) is 16.6 Å². The Morgan fingerprint density at radius 3 is 2.84 bits per heavy atom. The second kappa shape index (κ2) is 7.02. The summed E-state index contributed by atoms with van der Waals surface area (Å²) in [6.45, 7) is 1.01. The first kappa shape index (κ1) is 19.7.